The third-order valence-electron chi connectivity index (χ3n) is 3.90. The summed E-state index contributed by atoms with van der Waals surface area (Å²) in [4.78, 5) is 9.47. The Bertz CT molecular complexity index is 742. The first-order valence-corrected chi connectivity index (χ1v) is 7.19. The molecule has 1 atom stereocenters. The number of methoxy groups -OCH3 is 1. The Balaban J connectivity index is 2.21. The van der Waals surface area contributed by atoms with Gasteiger partial charge in [0.15, 0.2) is 0 Å². The highest BCUT2D eigenvalue weighted by Gasteiger charge is 2.38. The zero-order valence-electron chi connectivity index (χ0n) is 13.0. The normalized spacial score (nSPS) is 20.5. The van der Waals surface area contributed by atoms with Crippen molar-refractivity contribution in [3.63, 3.8) is 0 Å². The summed E-state index contributed by atoms with van der Waals surface area (Å²) < 4.78 is 5.24. The maximum absolute atomic E-state index is 6.02. The van der Waals surface area contributed by atoms with Crippen molar-refractivity contribution in [1.29, 1.82) is 0 Å². The van der Waals surface area contributed by atoms with Gasteiger partial charge in [-0.05, 0) is 26.0 Å². The molecule has 2 aromatic carbocycles. The van der Waals surface area contributed by atoms with E-state index < -0.39 is 5.66 Å². The van der Waals surface area contributed by atoms with E-state index in [0.717, 1.165) is 22.6 Å². The molecule has 1 aliphatic rings. The summed E-state index contributed by atoms with van der Waals surface area (Å²) in [7, 11) is 1.65. The zero-order valence-corrected chi connectivity index (χ0v) is 13.0. The molecular formula is C18H19N3O. The van der Waals surface area contributed by atoms with E-state index >= 15 is 0 Å². The van der Waals surface area contributed by atoms with E-state index in [0.29, 0.717) is 5.84 Å². The van der Waals surface area contributed by atoms with E-state index in [1.807, 2.05) is 43.3 Å². The highest BCUT2D eigenvalue weighted by Crippen LogP contribution is 2.39. The van der Waals surface area contributed by atoms with Crippen LogP contribution in [0.1, 0.15) is 23.6 Å². The number of benzene rings is 2. The molecule has 1 aliphatic heterocycles. The van der Waals surface area contributed by atoms with Crippen LogP contribution in [0.25, 0.3) is 0 Å². The SMILES string of the molecule is COc1ccc([C@]2(c3cccc(C)c3)N=C(C)C(N)=N2)cc1. The molecule has 0 fully saturated rings. The number of rotatable bonds is 3. The number of ether oxygens (including phenoxy) is 1. The molecule has 4 nitrogen and oxygen atoms in total. The van der Waals surface area contributed by atoms with Crippen molar-refractivity contribution in [3.8, 4) is 5.75 Å². The molecule has 0 amide bonds. The summed E-state index contributed by atoms with van der Waals surface area (Å²) >= 11 is 0. The first kappa shape index (κ1) is 14.3. The standard InChI is InChI=1S/C18H19N3O/c1-12-5-4-6-15(11-12)18(20-13(2)17(19)21-18)14-7-9-16(22-3)10-8-14/h4-11H,1-3H3,(H2,19,21)/t18-/m0/s1. The third kappa shape index (κ3) is 2.26. The number of amidine groups is 1. The molecule has 0 bridgehead atoms. The van der Waals surface area contributed by atoms with Gasteiger partial charge >= 0.3 is 0 Å². The van der Waals surface area contributed by atoms with Gasteiger partial charge in [-0.2, -0.15) is 0 Å². The number of nitrogens with zero attached hydrogens (tertiary/aromatic N) is 2. The average Bonchev–Trinajstić information content (AvgIpc) is 2.84. The molecule has 3 rings (SSSR count). The second kappa shape index (κ2) is 5.30. The van der Waals surface area contributed by atoms with Crippen molar-refractivity contribution in [2.45, 2.75) is 19.5 Å². The molecule has 0 aromatic heterocycles. The van der Waals surface area contributed by atoms with Crippen LogP contribution in [0, 0.1) is 6.92 Å². The number of aliphatic imine (C=N–C) groups is 2. The number of hydrogen-bond acceptors (Lipinski definition) is 4. The Morgan fingerprint density at radius 2 is 1.68 bits per heavy atom. The molecule has 0 saturated carbocycles. The predicted octanol–water partition coefficient (Wildman–Crippen LogP) is 3.04. The molecule has 2 aromatic rings. The summed E-state index contributed by atoms with van der Waals surface area (Å²) in [5.41, 5.74) is 9.13. The van der Waals surface area contributed by atoms with Crippen molar-refractivity contribution in [1.82, 2.24) is 0 Å². The predicted molar refractivity (Wildman–Crippen MR) is 89.7 cm³/mol. The van der Waals surface area contributed by atoms with E-state index in [2.05, 4.69) is 24.0 Å². The zero-order chi connectivity index (χ0) is 15.7. The Hall–Kier alpha value is -2.62. The minimum atomic E-state index is -0.799. The summed E-state index contributed by atoms with van der Waals surface area (Å²) in [6, 6.07) is 16.0. The van der Waals surface area contributed by atoms with E-state index in [1.54, 1.807) is 7.11 Å². The van der Waals surface area contributed by atoms with Crippen molar-refractivity contribution in [2.75, 3.05) is 7.11 Å². The smallest absolute Gasteiger partial charge is 0.204 e. The Labute approximate surface area is 130 Å². The van der Waals surface area contributed by atoms with Gasteiger partial charge in [0.2, 0.25) is 5.66 Å². The van der Waals surface area contributed by atoms with E-state index in [-0.39, 0.29) is 0 Å². The first-order chi connectivity index (χ1) is 10.5. The van der Waals surface area contributed by atoms with E-state index in [4.69, 9.17) is 15.5 Å². The van der Waals surface area contributed by atoms with Crippen molar-refractivity contribution in [2.24, 2.45) is 15.7 Å². The minimum Gasteiger partial charge on any atom is -0.497 e. The van der Waals surface area contributed by atoms with Gasteiger partial charge < -0.3 is 10.5 Å². The van der Waals surface area contributed by atoms with E-state index in [9.17, 15) is 0 Å². The van der Waals surface area contributed by atoms with Crippen molar-refractivity contribution < 1.29 is 4.74 Å². The van der Waals surface area contributed by atoms with Crippen LogP contribution in [0.5, 0.6) is 5.75 Å². The third-order valence-corrected chi connectivity index (χ3v) is 3.90. The number of nitrogens with two attached hydrogens (primary N) is 1. The topological polar surface area (TPSA) is 60.0 Å². The Kier molecular flexibility index (Phi) is 3.45. The van der Waals surface area contributed by atoms with Crippen LogP contribution in [0.2, 0.25) is 0 Å². The van der Waals surface area contributed by atoms with Gasteiger partial charge in [-0.15, -0.1) is 0 Å². The molecule has 22 heavy (non-hydrogen) atoms. The van der Waals surface area contributed by atoms with Crippen LogP contribution in [0.4, 0.5) is 0 Å². The van der Waals surface area contributed by atoms with Gasteiger partial charge in [0, 0.05) is 11.1 Å². The number of hydrogen-bond donors (Lipinski definition) is 1. The summed E-state index contributed by atoms with van der Waals surface area (Å²) in [6.45, 7) is 3.95. The lowest BCUT2D eigenvalue weighted by Gasteiger charge is -2.25. The van der Waals surface area contributed by atoms with Gasteiger partial charge in [0.25, 0.3) is 0 Å². The van der Waals surface area contributed by atoms with Crippen molar-refractivity contribution in [3.05, 3.63) is 65.2 Å². The monoisotopic (exact) mass is 293 g/mol. The molecule has 0 saturated heterocycles. The summed E-state index contributed by atoms with van der Waals surface area (Å²) in [5, 5.41) is 0. The fourth-order valence-corrected chi connectivity index (χ4v) is 2.69. The summed E-state index contributed by atoms with van der Waals surface area (Å²) in [6.07, 6.45) is 0. The Morgan fingerprint density at radius 1 is 0.955 bits per heavy atom. The minimum absolute atomic E-state index is 0.484. The first-order valence-electron chi connectivity index (χ1n) is 7.19. The lowest BCUT2D eigenvalue weighted by molar-refractivity contribution is 0.414. The lowest BCUT2D eigenvalue weighted by Crippen LogP contribution is -2.22. The molecule has 0 spiro atoms. The average molecular weight is 293 g/mol. The van der Waals surface area contributed by atoms with Crippen LogP contribution < -0.4 is 10.5 Å². The van der Waals surface area contributed by atoms with Crippen molar-refractivity contribution >= 4 is 11.5 Å². The fourth-order valence-electron chi connectivity index (χ4n) is 2.69. The Morgan fingerprint density at radius 3 is 2.23 bits per heavy atom. The quantitative estimate of drug-likeness (QED) is 0.945. The highest BCUT2D eigenvalue weighted by molar-refractivity contribution is 6.41. The maximum Gasteiger partial charge on any atom is 0.204 e. The molecular weight excluding hydrogens is 274 g/mol. The lowest BCUT2D eigenvalue weighted by atomic mass is 9.91. The highest BCUT2D eigenvalue weighted by atomic mass is 16.5. The molecule has 1 heterocycles. The van der Waals surface area contributed by atoms with Gasteiger partial charge in [-0.3, -0.25) is 0 Å². The molecule has 112 valence electrons. The maximum atomic E-state index is 6.02. The van der Waals surface area contributed by atoms with Gasteiger partial charge in [0.05, 0.1) is 12.8 Å². The van der Waals surface area contributed by atoms with Crippen LogP contribution in [0.15, 0.2) is 58.5 Å². The molecule has 2 N–H and O–H groups in total. The van der Waals surface area contributed by atoms with Crippen LogP contribution in [-0.4, -0.2) is 18.7 Å². The van der Waals surface area contributed by atoms with Crippen LogP contribution >= 0.6 is 0 Å². The van der Waals surface area contributed by atoms with E-state index in [1.165, 1.54) is 5.56 Å². The number of aryl methyl sites for hydroxylation is 1. The van der Waals surface area contributed by atoms with Gasteiger partial charge in [-0.25, -0.2) is 9.98 Å². The second-order valence-electron chi connectivity index (χ2n) is 5.46. The van der Waals surface area contributed by atoms with Crippen LogP contribution in [0.3, 0.4) is 0 Å². The molecule has 4 heteroatoms. The summed E-state index contributed by atoms with van der Waals surface area (Å²) in [5.74, 6) is 1.29. The van der Waals surface area contributed by atoms with Gasteiger partial charge in [-0.1, -0.05) is 42.0 Å². The largest absolute Gasteiger partial charge is 0.497 e. The van der Waals surface area contributed by atoms with Crippen LogP contribution in [-0.2, 0) is 5.66 Å². The molecule has 0 unspecified atom stereocenters. The molecule has 0 aliphatic carbocycles. The fraction of sp³-hybridized carbons (Fsp3) is 0.222. The molecule has 0 radical (unpaired) electrons. The second-order valence-corrected chi connectivity index (χ2v) is 5.46. The van der Waals surface area contributed by atoms with Gasteiger partial charge in [0.1, 0.15) is 11.6 Å².